The van der Waals surface area contributed by atoms with Crippen LogP contribution in [0.4, 0.5) is 0 Å². The lowest BCUT2D eigenvalue weighted by atomic mass is 9.98. The molecule has 1 N–H and O–H groups in total. The first-order valence-corrected chi connectivity index (χ1v) is 10.9. The van der Waals surface area contributed by atoms with Crippen LogP contribution in [-0.4, -0.2) is 47.5 Å². The molecule has 2 heterocycles. The third kappa shape index (κ3) is 5.16. The molecule has 1 fully saturated rings. The fourth-order valence-electron chi connectivity index (χ4n) is 4.12. The van der Waals surface area contributed by atoms with E-state index in [4.69, 9.17) is 4.74 Å². The lowest BCUT2D eigenvalue weighted by Gasteiger charge is -2.35. The molecule has 166 valence electrons. The molecule has 7 heteroatoms. The van der Waals surface area contributed by atoms with Gasteiger partial charge in [-0.2, -0.15) is 0 Å². The van der Waals surface area contributed by atoms with Crippen LogP contribution in [0, 0.1) is 0 Å². The van der Waals surface area contributed by atoms with Crippen LogP contribution in [0.3, 0.4) is 0 Å². The van der Waals surface area contributed by atoms with Crippen LogP contribution >= 0.6 is 0 Å². The number of nitrogens with one attached hydrogen (secondary N) is 1. The van der Waals surface area contributed by atoms with Gasteiger partial charge >= 0.3 is 0 Å². The quantitative estimate of drug-likeness (QED) is 0.739. The van der Waals surface area contributed by atoms with Crippen molar-refractivity contribution in [2.75, 3.05) is 20.2 Å². The number of likely N-dealkylation sites (tertiary alicyclic amines) is 1. The first-order chi connectivity index (χ1) is 15.0. The summed E-state index contributed by atoms with van der Waals surface area (Å²) in [5, 5.41) is 2.68. The molecule has 0 spiro atoms. The van der Waals surface area contributed by atoms with Gasteiger partial charge in [-0.3, -0.25) is 14.4 Å². The van der Waals surface area contributed by atoms with Gasteiger partial charge in [-0.05, 0) is 50.3 Å². The molecule has 0 radical (unpaired) electrons. The second kappa shape index (κ2) is 10.3. The SMILES string of the molecule is CCNC(=O)c1cn(Cc2cccc(OC)c2)cc(C(=O)N2CCCC[C@@H]2CC)c1=O. The number of carbonyl (C=O) groups excluding carboxylic acids is 2. The summed E-state index contributed by atoms with van der Waals surface area (Å²) in [5.41, 5.74) is 0.457. The molecule has 2 aromatic rings. The first-order valence-electron chi connectivity index (χ1n) is 10.9. The Morgan fingerprint density at radius 3 is 2.65 bits per heavy atom. The van der Waals surface area contributed by atoms with Gasteiger partial charge < -0.3 is 19.5 Å². The molecule has 1 aliphatic rings. The minimum absolute atomic E-state index is 0.0133. The molecule has 2 amide bonds. The zero-order valence-electron chi connectivity index (χ0n) is 18.5. The highest BCUT2D eigenvalue weighted by Gasteiger charge is 2.29. The Balaban J connectivity index is 2.03. The van der Waals surface area contributed by atoms with Crippen LogP contribution in [0.15, 0.2) is 41.5 Å². The number of benzene rings is 1. The van der Waals surface area contributed by atoms with Crippen molar-refractivity contribution in [2.45, 2.75) is 52.1 Å². The standard InChI is InChI=1S/C24H31N3O4/c1-4-18-10-6-7-12-27(18)24(30)21-16-26(14-17-9-8-11-19(13-17)31-3)15-20(22(21)28)23(29)25-5-2/h8-9,11,13,15-16,18H,4-7,10,12,14H2,1-3H3,(H,25,29)/t18-/m0/s1. The molecule has 7 nitrogen and oxygen atoms in total. The molecule has 1 saturated heterocycles. The van der Waals surface area contributed by atoms with Gasteiger partial charge in [0.1, 0.15) is 16.9 Å². The zero-order chi connectivity index (χ0) is 22.4. The molecule has 0 unspecified atom stereocenters. The molecular weight excluding hydrogens is 394 g/mol. The summed E-state index contributed by atoms with van der Waals surface area (Å²) >= 11 is 0. The summed E-state index contributed by atoms with van der Waals surface area (Å²) < 4.78 is 7.02. The molecule has 1 aromatic heterocycles. The maximum atomic E-state index is 13.4. The van der Waals surface area contributed by atoms with Crippen LogP contribution in [0.25, 0.3) is 0 Å². The van der Waals surface area contributed by atoms with Crippen molar-refractivity contribution in [3.8, 4) is 5.75 Å². The number of rotatable bonds is 7. The second-order valence-corrected chi connectivity index (χ2v) is 7.85. The smallest absolute Gasteiger partial charge is 0.259 e. The Bertz CT molecular complexity index is 999. The van der Waals surface area contributed by atoms with Crippen LogP contribution in [-0.2, 0) is 6.54 Å². The Morgan fingerprint density at radius 1 is 1.16 bits per heavy atom. The predicted molar refractivity (Wildman–Crippen MR) is 120 cm³/mol. The molecule has 0 saturated carbocycles. The van der Waals surface area contributed by atoms with Gasteiger partial charge in [0.05, 0.1) is 7.11 Å². The molecule has 1 aromatic carbocycles. The number of ether oxygens (including phenoxy) is 1. The number of aromatic nitrogens is 1. The lowest BCUT2D eigenvalue weighted by molar-refractivity contribution is 0.0605. The van der Waals surface area contributed by atoms with Crippen molar-refractivity contribution >= 4 is 11.8 Å². The summed E-state index contributed by atoms with van der Waals surface area (Å²) in [5.74, 6) is -0.0350. The van der Waals surface area contributed by atoms with Gasteiger partial charge in [0, 0.05) is 38.1 Å². The van der Waals surface area contributed by atoms with Crippen molar-refractivity contribution in [3.63, 3.8) is 0 Å². The van der Waals surface area contributed by atoms with E-state index in [9.17, 15) is 14.4 Å². The van der Waals surface area contributed by atoms with Crippen molar-refractivity contribution in [1.29, 1.82) is 0 Å². The molecule has 1 aliphatic heterocycles. The molecule has 31 heavy (non-hydrogen) atoms. The number of carbonyl (C=O) groups is 2. The second-order valence-electron chi connectivity index (χ2n) is 7.85. The zero-order valence-corrected chi connectivity index (χ0v) is 18.5. The molecule has 3 rings (SSSR count). The third-order valence-electron chi connectivity index (χ3n) is 5.75. The van der Waals surface area contributed by atoms with Crippen molar-refractivity contribution < 1.29 is 14.3 Å². The van der Waals surface area contributed by atoms with Gasteiger partial charge in [0.2, 0.25) is 5.43 Å². The summed E-state index contributed by atoms with van der Waals surface area (Å²) in [6, 6.07) is 7.69. The fraction of sp³-hybridized carbons (Fsp3) is 0.458. The predicted octanol–water partition coefficient (Wildman–Crippen LogP) is 3.06. The van der Waals surface area contributed by atoms with Crippen molar-refractivity contribution in [2.24, 2.45) is 0 Å². The number of pyridine rings is 1. The van der Waals surface area contributed by atoms with E-state index in [0.717, 1.165) is 37.0 Å². The van der Waals surface area contributed by atoms with Crippen LogP contribution in [0.5, 0.6) is 5.75 Å². The van der Waals surface area contributed by atoms with Crippen LogP contribution in [0.2, 0.25) is 0 Å². The summed E-state index contributed by atoms with van der Waals surface area (Å²) in [4.78, 5) is 40.9. The van der Waals surface area contributed by atoms with E-state index in [1.54, 1.807) is 29.7 Å². The average Bonchev–Trinajstić information content (AvgIpc) is 2.79. The number of piperidine rings is 1. The highest BCUT2D eigenvalue weighted by Crippen LogP contribution is 2.21. The van der Waals surface area contributed by atoms with E-state index >= 15 is 0 Å². The van der Waals surface area contributed by atoms with E-state index in [1.165, 1.54) is 6.20 Å². The van der Waals surface area contributed by atoms with Crippen molar-refractivity contribution in [1.82, 2.24) is 14.8 Å². The summed E-state index contributed by atoms with van der Waals surface area (Å²) in [7, 11) is 1.60. The fourth-order valence-corrected chi connectivity index (χ4v) is 4.12. The highest BCUT2D eigenvalue weighted by molar-refractivity contribution is 5.99. The maximum Gasteiger partial charge on any atom is 0.259 e. The Hall–Kier alpha value is -3.09. The van der Waals surface area contributed by atoms with E-state index < -0.39 is 11.3 Å². The summed E-state index contributed by atoms with van der Waals surface area (Å²) in [6.45, 7) is 5.29. The van der Waals surface area contributed by atoms with Gasteiger partial charge in [-0.15, -0.1) is 0 Å². The maximum absolute atomic E-state index is 13.4. The van der Waals surface area contributed by atoms with Gasteiger partial charge in [-0.25, -0.2) is 0 Å². The molecule has 0 aliphatic carbocycles. The minimum Gasteiger partial charge on any atom is -0.497 e. The molecular formula is C24H31N3O4. The lowest BCUT2D eigenvalue weighted by Crippen LogP contribution is -2.45. The van der Waals surface area contributed by atoms with E-state index in [-0.39, 0.29) is 23.1 Å². The van der Waals surface area contributed by atoms with E-state index in [1.807, 2.05) is 24.3 Å². The van der Waals surface area contributed by atoms with Gasteiger partial charge in [0.25, 0.3) is 11.8 Å². The van der Waals surface area contributed by atoms with E-state index in [0.29, 0.717) is 19.6 Å². The number of hydrogen-bond acceptors (Lipinski definition) is 4. The topological polar surface area (TPSA) is 80.6 Å². The Kier molecular flexibility index (Phi) is 7.50. The number of hydrogen-bond donors (Lipinski definition) is 1. The van der Waals surface area contributed by atoms with Gasteiger partial charge in [0.15, 0.2) is 0 Å². The largest absolute Gasteiger partial charge is 0.497 e. The van der Waals surface area contributed by atoms with Crippen LogP contribution < -0.4 is 15.5 Å². The first kappa shape index (κ1) is 22.6. The summed E-state index contributed by atoms with van der Waals surface area (Å²) in [6.07, 6.45) is 6.90. The third-order valence-corrected chi connectivity index (χ3v) is 5.75. The average molecular weight is 426 g/mol. The van der Waals surface area contributed by atoms with Crippen molar-refractivity contribution in [3.05, 3.63) is 63.6 Å². The molecule has 0 bridgehead atoms. The number of nitrogens with zero attached hydrogens (tertiary/aromatic N) is 2. The van der Waals surface area contributed by atoms with Gasteiger partial charge in [-0.1, -0.05) is 19.1 Å². The molecule has 1 atom stereocenters. The Morgan fingerprint density at radius 2 is 1.94 bits per heavy atom. The van der Waals surface area contributed by atoms with Crippen LogP contribution in [0.1, 0.15) is 65.8 Å². The highest BCUT2D eigenvalue weighted by atomic mass is 16.5. The Labute approximate surface area is 183 Å². The monoisotopic (exact) mass is 425 g/mol. The van der Waals surface area contributed by atoms with E-state index in [2.05, 4.69) is 12.2 Å². The minimum atomic E-state index is -0.515. The number of amides is 2. The normalized spacial score (nSPS) is 16.1. The number of methoxy groups -OCH3 is 1.